The Hall–Kier alpha value is -2.14. The molecule has 1 aliphatic rings. The summed E-state index contributed by atoms with van der Waals surface area (Å²) in [5.41, 5.74) is 1.01. The molecule has 134 valence electrons. The number of carboxylic acids is 1. The zero-order chi connectivity index (χ0) is 17.6. The zero-order valence-electron chi connectivity index (χ0n) is 14.9. The fraction of sp³-hybridized carbons (Fsp3) is 0.500. The van der Waals surface area contributed by atoms with Crippen LogP contribution in [-0.4, -0.2) is 46.6 Å². The Bertz CT molecular complexity index is 724. The molecule has 2 aromatic rings. The molecule has 1 fully saturated rings. The van der Waals surface area contributed by atoms with Crippen molar-refractivity contribution in [2.75, 3.05) is 25.0 Å². The van der Waals surface area contributed by atoms with Crippen LogP contribution in [0.3, 0.4) is 0 Å². The summed E-state index contributed by atoms with van der Waals surface area (Å²) in [4.78, 5) is 18.7. The Morgan fingerprint density at radius 1 is 1.24 bits per heavy atom. The lowest BCUT2D eigenvalue weighted by atomic mass is 10.1. The predicted molar refractivity (Wildman–Crippen MR) is 101 cm³/mol. The maximum Gasteiger partial charge on any atom is 0.336 e. The first kappa shape index (κ1) is 17.7. The van der Waals surface area contributed by atoms with Crippen molar-refractivity contribution in [3.8, 4) is 0 Å². The van der Waals surface area contributed by atoms with E-state index in [0.717, 1.165) is 13.0 Å². The second kappa shape index (κ2) is 8.30. The van der Waals surface area contributed by atoms with Crippen molar-refractivity contribution in [2.24, 2.45) is 0 Å². The van der Waals surface area contributed by atoms with Gasteiger partial charge in [-0.25, -0.2) is 9.78 Å². The third-order valence-corrected chi connectivity index (χ3v) is 5.08. The molecule has 0 aliphatic carbocycles. The number of carboxylic acid groups (broad SMARTS) is 1. The Morgan fingerprint density at radius 3 is 2.68 bits per heavy atom. The molecule has 1 atom stereocenters. The summed E-state index contributed by atoms with van der Waals surface area (Å²) in [6.07, 6.45) is 6.32. The lowest BCUT2D eigenvalue weighted by molar-refractivity contribution is 0.0699. The van der Waals surface area contributed by atoms with Crippen LogP contribution in [0, 0.1) is 0 Å². The first-order chi connectivity index (χ1) is 12.1. The zero-order valence-corrected chi connectivity index (χ0v) is 14.9. The van der Waals surface area contributed by atoms with Gasteiger partial charge in [0.1, 0.15) is 5.82 Å². The van der Waals surface area contributed by atoms with Crippen molar-refractivity contribution in [2.45, 2.75) is 45.1 Å². The molecule has 1 aromatic carbocycles. The van der Waals surface area contributed by atoms with E-state index in [4.69, 9.17) is 0 Å². The van der Waals surface area contributed by atoms with Crippen LogP contribution < -0.4 is 5.32 Å². The Morgan fingerprint density at radius 2 is 1.96 bits per heavy atom. The molecule has 1 aliphatic heterocycles. The third kappa shape index (κ3) is 4.48. The smallest absolute Gasteiger partial charge is 0.336 e. The van der Waals surface area contributed by atoms with Crippen molar-refractivity contribution in [3.63, 3.8) is 0 Å². The number of benzene rings is 1. The van der Waals surface area contributed by atoms with Crippen LogP contribution in [0.4, 0.5) is 5.82 Å². The fourth-order valence-electron chi connectivity index (χ4n) is 3.57. The van der Waals surface area contributed by atoms with Crippen LogP contribution in [-0.2, 0) is 0 Å². The lowest BCUT2D eigenvalue weighted by Crippen LogP contribution is -2.35. The molecule has 3 rings (SSSR count). The highest BCUT2D eigenvalue weighted by Gasteiger charge is 2.16. The van der Waals surface area contributed by atoms with Crippen LogP contribution in [0.1, 0.15) is 49.4 Å². The van der Waals surface area contributed by atoms with Gasteiger partial charge < -0.3 is 15.3 Å². The Kier molecular flexibility index (Phi) is 5.87. The highest BCUT2D eigenvalue weighted by atomic mass is 16.4. The quantitative estimate of drug-likeness (QED) is 0.831. The van der Waals surface area contributed by atoms with E-state index in [9.17, 15) is 9.90 Å². The van der Waals surface area contributed by atoms with E-state index < -0.39 is 5.97 Å². The van der Waals surface area contributed by atoms with Crippen LogP contribution in [0.2, 0.25) is 0 Å². The molecule has 25 heavy (non-hydrogen) atoms. The second-order valence-corrected chi connectivity index (χ2v) is 6.89. The van der Waals surface area contributed by atoms with E-state index in [1.165, 1.54) is 38.8 Å². The first-order valence-electron chi connectivity index (χ1n) is 9.26. The molecule has 5 nitrogen and oxygen atoms in total. The first-order valence-corrected chi connectivity index (χ1v) is 9.26. The number of likely N-dealkylation sites (tertiary alicyclic amines) is 1. The molecule has 5 heteroatoms. The minimum Gasteiger partial charge on any atom is -0.478 e. The minimum absolute atomic E-state index is 0.300. The fourth-order valence-corrected chi connectivity index (χ4v) is 3.57. The Labute approximate surface area is 149 Å². The SMILES string of the molecule is C[C@H](CCNc1cc(C(=O)O)c2ccccc2n1)N1CCCCCC1. The Balaban J connectivity index is 1.64. The number of nitrogens with zero attached hydrogens (tertiary/aromatic N) is 2. The van der Waals surface area contributed by atoms with Gasteiger partial charge in [-0.2, -0.15) is 0 Å². The third-order valence-electron chi connectivity index (χ3n) is 5.08. The monoisotopic (exact) mass is 341 g/mol. The van der Waals surface area contributed by atoms with Crippen LogP contribution >= 0.6 is 0 Å². The molecule has 0 spiro atoms. The number of aromatic nitrogens is 1. The highest BCUT2D eigenvalue weighted by Crippen LogP contribution is 2.21. The number of pyridine rings is 1. The summed E-state index contributed by atoms with van der Waals surface area (Å²) in [7, 11) is 0. The molecular formula is C20H27N3O2. The average Bonchev–Trinajstić information content (AvgIpc) is 2.90. The predicted octanol–water partition coefficient (Wildman–Crippen LogP) is 4.00. The molecule has 2 heterocycles. The number of fused-ring (bicyclic) bond motifs is 1. The van der Waals surface area contributed by atoms with Gasteiger partial charge in [0.05, 0.1) is 11.1 Å². The van der Waals surface area contributed by atoms with Gasteiger partial charge in [-0.1, -0.05) is 31.0 Å². The van der Waals surface area contributed by atoms with E-state index in [1.807, 2.05) is 18.2 Å². The summed E-state index contributed by atoms with van der Waals surface area (Å²) >= 11 is 0. The van der Waals surface area contributed by atoms with Gasteiger partial charge in [0.2, 0.25) is 0 Å². The molecular weight excluding hydrogens is 314 g/mol. The van der Waals surface area contributed by atoms with E-state index >= 15 is 0 Å². The van der Waals surface area contributed by atoms with E-state index in [1.54, 1.807) is 12.1 Å². The van der Waals surface area contributed by atoms with Crippen LogP contribution in [0.15, 0.2) is 30.3 Å². The number of hydrogen-bond donors (Lipinski definition) is 2. The molecule has 0 amide bonds. The van der Waals surface area contributed by atoms with Gasteiger partial charge in [0.15, 0.2) is 0 Å². The van der Waals surface area contributed by atoms with Crippen molar-refractivity contribution in [1.29, 1.82) is 0 Å². The standard InChI is InChI=1S/C20H27N3O2/c1-15(23-12-6-2-3-7-13-23)10-11-21-19-14-17(20(24)25)16-8-4-5-9-18(16)22-19/h4-5,8-9,14-15H,2-3,6-7,10-13H2,1H3,(H,21,22)(H,24,25)/t15-/m1/s1. The summed E-state index contributed by atoms with van der Waals surface area (Å²) in [5, 5.41) is 13.5. The van der Waals surface area contributed by atoms with E-state index in [0.29, 0.717) is 28.3 Å². The summed E-state index contributed by atoms with van der Waals surface area (Å²) in [6, 6.07) is 9.55. The van der Waals surface area contributed by atoms with E-state index in [-0.39, 0.29) is 0 Å². The average molecular weight is 341 g/mol. The van der Waals surface area contributed by atoms with Crippen molar-refractivity contribution >= 4 is 22.7 Å². The number of carbonyl (C=O) groups is 1. The second-order valence-electron chi connectivity index (χ2n) is 6.89. The van der Waals surface area contributed by atoms with Gasteiger partial charge in [-0.3, -0.25) is 0 Å². The molecule has 0 bridgehead atoms. The number of para-hydroxylation sites is 1. The molecule has 0 unspecified atom stereocenters. The number of nitrogens with one attached hydrogen (secondary N) is 1. The van der Waals surface area contributed by atoms with Gasteiger partial charge in [-0.05, 0) is 51.4 Å². The minimum atomic E-state index is -0.917. The molecule has 0 saturated carbocycles. The van der Waals surface area contributed by atoms with Crippen molar-refractivity contribution in [3.05, 3.63) is 35.9 Å². The molecule has 1 saturated heterocycles. The lowest BCUT2D eigenvalue weighted by Gasteiger charge is -2.27. The van der Waals surface area contributed by atoms with Gasteiger partial charge >= 0.3 is 5.97 Å². The summed E-state index contributed by atoms with van der Waals surface area (Å²) in [6.45, 7) is 5.46. The number of hydrogen-bond acceptors (Lipinski definition) is 4. The summed E-state index contributed by atoms with van der Waals surface area (Å²) < 4.78 is 0. The van der Waals surface area contributed by atoms with Gasteiger partial charge in [0, 0.05) is 18.0 Å². The topological polar surface area (TPSA) is 65.5 Å². The maximum atomic E-state index is 11.5. The van der Waals surface area contributed by atoms with E-state index in [2.05, 4.69) is 22.1 Å². The molecule has 2 N–H and O–H groups in total. The summed E-state index contributed by atoms with van der Waals surface area (Å²) in [5.74, 6) is -0.279. The number of rotatable bonds is 6. The van der Waals surface area contributed by atoms with Crippen LogP contribution in [0.5, 0.6) is 0 Å². The van der Waals surface area contributed by atoms with Gasteiger partial charge in [-0.15, -0.1) is 0 Å². The maximum absolute atomic E-state index is 11.5. The normalized spacial score (nSPS) is 17.2. The van der Waals surface area contributed by atoms with Crippen molar-refractivity contribution < 1.29 is 9.90 Å². The number of aromatic carboxylic acids is 1. The molecule has 0 radical (unpaired) electrons. The van der Waals surface area contributed by atoms with Crippen LogP contribution in [0.25, 0.3) is 10.9 Å². The highest BCUT2D eigenvalue weighted by molar-refractivity contribution is 6.03. The van der Waals surface area contributed by atoms with Crippen molar-refractivity contribution in [1.82, 2.24) is 9.88 Å². The molecule has 1 aromatic heterocycles. The number of anilines is 1. The largest absolute Gasteiger partial charge is 0.478 e. The van der Waals surface area contributed by atoms with Gasteiger partial charge in [0.25, 0.3) is 0 Å².